The highest BCUT2D eigenvalue weighted by Gasteiger charge is 2.51. The Balaban J connectivity index is 2.38. The Labute approximate surface area is 153 Å². The fourth-order valence-corrected chi connectivity index (χ4v) is 3.66. The van der Waals surface area contributed by atoms with Crippen molar-refractivity contribution in [3.63, 3.8) is 0 Å². The molecule has 1 aliphatic rings. The summed E-state index contributed by atoms with van der Waals surface area (Å²) in [6.07, 6.45) is 12.7. The van der Waals surface area contributed by atoms with Gasteiger partial charge < -0.3 is 9.84 Å². The molecule has 5 heteroatoms. The number of aliphatic carboxylic acids is 1. The van der Waals surface area contributed by atoms with Crippen LogP contribution in [0.25, 0.3) is 0 Å². The summed E-state index contributed by atoms with van der Waals surface area (Å²) in [7, 11) is 0. The van der Waals surface area contributed by atoms with Gasteiger partial charge in [-0.1, -0.05) is 51.9 Å². The zero-order chi connectivity index (χ0) is 18.8. The van der Waals surface area contributed by atoms with Crippen LogP contribution in [0.3, 0.4) is 0 Å². The van der Waals surface area contributed by atoms with E-state index >= 15 is 0 Å². The van der Waals surface area contributed by atoms with Crippen LogP contribution >= 0.6 is 0 Å². The van der Waals surface area contributed by atoms with Crippen LogP contribution in [0.2, 0.25) is 0 Å². The Kier molecular flexibility index (Phi) is 9.98. The number of hydroxylamine groups is 2. The summed E-state index contributed by atoms with van der Waals surface area (Å²) in [6.45, 7) is 6.53. The molecule has 1 unspecified atom stereocenters. The Morgan fingerprint density at radius 3 is 1.96 bits per heavy atom. The van der Waals surface area contributed by atoms with Crippen molar-refractivity contribution in [2.75, 3.05) is 6.61 Å². The van der Waals surface area contributed by atoms with Crippen LogP contribution < -0.4 is 0 Å². The number of hydrogen-bond acceptors (Lipinski definition) is 3. The third-order valence-electron chi connectivity index (χ3n) is 5.24. The molecular weight excluding hydrogens is 318 g/mol. The van der Waals surface area contributed by atoms with Crippen LogP contribution in [0.4, 0.5) is 0 Å². The van der Waals surface area contributed by atoms with Crippen LogP contribution in [-0.2, 0) is 14.7 Å². The number of nitrogens with zero attached hydrogens (tertiary/aromatic N) is 1. The quantitative estimate of drug-likeness (QED) is 0.428. The molecule has 0 saturated carbocycles. The number of ether oxygens (including phenoxy) is 1. The highest BCUT2D eigenvalue weighted by atomic mass is 16.6. The minimum atomic E-state index is -0.774. The van der Waals surface area contributed by atoms with Gasteiger partial charge >= 0.3 is 5.97 Å². The van der Waals surface area contributed by atoms with Crippen molar-refractivity contribution in [1.29, 1.82) is 0 Å². The predicted octanol–water partition coefficient (Wildman–Crippen LogP) is 5.31. The lowest BCUT2D eigenvalue weighted by atomic mass is 9.95. The fraction of sp³-hybridized carbons (Fsp3) is 0.950. The van der Waals surface area contributed by atoms with Gasteiger partial charge in [-0.15, -0.1) is 10.3 Å². The molecule has 1 N–H and O–H groups in total. The molecule has 0 aromatic rings. The molecule has 1 atom stereocenters. The molecule has 0 aromatic heterocycles. The molecule has 1 aliphatic heterocycles. The van der Waals surface area contributed by atoms with E-state index in [1.807, 2.05) is 13.8 Å². The lowest BCUT2D eigenvalue weighted by Gasteiger charge is -2.35. The van der Waals surface area contributed by atoms with Crippen LogP contribution in [0.5, 0.6) is 0 Å². The van der Waals surface area contributed by atoms with E-state index in [-0.39, 0.29) is 6.42 Å². The molecule has 1 heterocycles. The number of hydrogen-bond donors (Lipinski definition) is 1. The summed E-state index contributed by atoms with van der Waals surface area (Å²) >= 11 is 0. The molecule has 1 fully saturated rings. The fourth-order valence-electron chi connectivity index (χ4n) is 3.66. The Morgan fingerprint density at radius 1 is 0.960 bits per heavy atom. The molecule has 5 nitrogen and oxygen atoms in total. The van der Waals surface area contributed by atoms with E-state index in [9.17, 15) is 10.0 Å². The van der Waals surface area contributed by atoms with Gasteiger partial charge in [-0.25, -0.2) is 0 Å². The Hall–Kier alpha value is -0.650. The number of carboxylic acids is 1. The first-order valence-corrected chi connectivity index (χ1v) is 10.2. The minimum absolute atomic E-state index is 0.163. The van der Waals surface area contributed by atoms with Gasteiger partial charge in [-0.2, -0.15) is 0 Å². The van der Waals surface area contributed by atoms with E-state index in [1.165, 1.54) is 38.5 Å². The summed E-state index contributed by atoms with van der Waals surface area (Å²) in [5.74, 6) is -0.774. The topological polar surface area (TPSA) is 69.7 Å². The molecule has 0 aromatic carbocycles. The molecule has 0 spiro atoms. The summed E-state index contributed by atoms with van der Waals surface area (Å²) in [4.78, 5) is 10.7. The number of unbranched alkanes of at least 4 members (excludes halogenated alkanes) is 8. The zero-order valence-corrected chi connectivity index (χ0v) is 16.5. The van der Waals surface area contributed by atoms with Gasteiger partial charge in [0.25, 0.3) is 0 Å². The minimum Gasteiger partial charge on any atom is -0.481 e. The van der Waals surface area contributed by atoms with Gasteiger partial charge in [-0.05, 0) is 46.0 Å². The van der Waals surface area contributed by atoms with Gasteiger partial charge in [0, 0.05) is 6.42 Å². The van der Waals surface area contributed by atoms with Gasteiger partial charge in [0.05, 0.1) is 12.1 Å². The van der Waals surface area contributed by atoms with Crippen LogP contribution in [0, 0.1) is 0 Å². The summed E-state index contributed by atoms with van der Waals surface area (Å²) in [5.41, 5.74) is -1.24. The van der Waals surface area contributed by atoms with Gasteiger partial charge in [0.15, 0.2) is 0 Å². The van der Waals surface area contributed by atoms with Crippen molar-refractivity contribution < 1.29 is 19.8 Å². The van der Waals surface area contributed by atoms with E-state index in [1.54, 1.807) is 0 Å². The van der Waals surface area contributed by atoms with Crippen LogP contribution in [0.1, 0.15) is 104 Å². The first-order valence-electron chi connectivity index (χ1n) is 10.2. The molecule has 147 valence electrons. The second-order valence-electron chi connectivity index (χ2n) is 8.17. The van der Waals surface area contributed by atoms with Crippen molar-refractivity contribution in [2.24, 2.45) is 0 Å². The van der Waals surface area contributed by atoms with Crippen LogP contribution in [-0.4, -0.2) is 34.0 Å². The second kappa shape index (κ2) is 11.1. The van der Waals surface area contributed by atoms with Gasteiger partial charge in [0.1, 0.15) is 5.72 Å². The third-order valence-corrected chi connectivity index (χ3v) is 5.24. The van der Waals surface area contributed by atoms with Crippen molar-refractivity contribution >= 4 is 5.97 Å². The normalized spacial score (nSPS) is 23.2. The molecular formula is C20H38NO4. The van der Waals surface area contributed by atoms with Gasteiger partial charge in [0.2, 0.25) is 0 Å². The molecule has 1 radical (unpaired) electrons. The standard InChI is InChI=1S/C20H38NO4/c1-4-5-6-7-8-9-10-12-15-20(16-13-11-14-18(22)23)21(24)19(2,3)17-25-20/h4-17H2,1-3H3,(H,22,23). The number of rotatable bonds is 14. The summed E-state index contributed by atoms with van der Waals surface area (Å²) < 4.78 is 6.00. The highest BCUT2D eigenvalue weighted by Crippen LogP contribution is 2.40. The van der Waals surface area contributed by atoms with E-state index < -0.39 is 17.2 Å². The maximum absolute atomic E-state index is 12.8. The Morgan fingerprint density at radius 2 is 1.48 bits per heavy atom. The predicted molar refractivity (Wildman–Crippen MR) is 98.6 cm³/mol. The summed E-state index contributed by atoms with van der Waals surface area (Å²) in [5, 5.41) is 22.7. The molecule has 0 bridgehead atoms. The van der Waals surface area contributed by atoms with Crippen molar-refractivity contribution in [1.82, 2.24) is 5.06 Å². The first-order chi connectivity index (χ1) is 11.8. The van der Waals surface area contributed by atoms with Crippen molar-refractivity contribution in [3.8, 4) is 0 Å². The lowest BCUT2D eigenvalue weighted by Crippen LogP contribution is -2.49. The first kappa shape index (κ1) is 22.4. The highest BCUT2D eigenvalue weighted by molar-refractivity contribution is 5.66. The average molecular weight is 357 g/mol. The maximum Gasteiger partial charge on any atom is 0.303 e. The van der Waals surface area contributed by atoms with Gasteiger partial charge in [-0.3, -0.25) is 4.79 Å². The third kappa shape index (κ3) is 7.63. The molecule has 0 aliphatic carbocycles. The monoisotopic (exact) mass is 356 g/mol. The SMILES string of the molecule is CCCCCCCCCCC1(CCCCC(=O)O)OCC(C)(C)N1[O]. The second-order valence-corrected chi connectivity index (χ2v) is 8.17. The average Bonchev–Trinajstić information content (AvgIpc) is 2.78. The summed E-state index contributed by atoms with van der Waals surface area (Å²) in [6, 6.07) is 0. The molecule has 25 heavy (non-hydrogen) atoms. The van der Waals surface area contributed by atoms with E-state index in [2.05, 4.69) is 6.92 Å². The number of carboxylic acid groups (broad SMARTS) is 1. The molecule has 0 amide bonds. The maximum atomic E-state index is 12.8. The largest absolute Gasteiger partial charge is 0.481 e. The Bertz CT molecular complexity index is 386. The van der Waals surface area contributed by atoms with Crippen LogP contribution in [0.15, 0.2) is 0 Å². The molecule has 1 rings (SSSR count). The van der Waals surface area contributed by atoms with E-state index in [4.69, 9.17) is 9.84 Å². The van der Waals surface area contributed by atoms with Crippen molar-refractivity contribution in [3.05, 3.63) is 0 Å². The smallest absolute Gasteiger partial charge is 0.303 e. The number of carbonyl (C=O) groups is 1. The molecule has 1 saturated heterocycles. The van der Waals surface area contributed by atoms with E-state index in [0.717, 1.165) is 30.7 Å². The zero-order valence-electron chi connectivity index (χ0n) is 16.5. The van der Waals surface area contributed by atoms with E-state index in [0.29, 0.717) is 19.4 Å². The lowest BCUT2D eigenvalue weighted by molar-refractivity contribution is -0.296. The van der Waals surface area contributed by atoms with Crippen molar-refractivity contribution in [2.45, 2.75) is 116 Å².